The molecule has 9 heteroatoms. The Kier molecular flexibility index (Phi) is 4.59. The average Bonchev–Trinajstić information content (AvgIpc) is 3.38. The second-order valence-electron chi connectivity index (χ2n) is 7.05. The molecule has 0 unspecified atom stereocenters. The van der Waals surface area contributed by atoms with Gasteiger partial charge in [0, 0.05) is 7.05 Å². The Balaban J connectivity index is 1.44. The van der Waals surface area contributed by atoms with Crippen molar-refractivity contribution in [2.24, 2.45) is 7.05 Å². The van der Waals surface area contributed by atoms with Gasteiger partial charge in [-0.3, -0.25) is 13.8 Å². The molecule has 3 heterocycles. The van der Waals surface area contributed by atoms with Crippen LogP contribution in [0.25, 0.3) is 16.7 Å². The zero-order valence-corrected chi connectivity index (χ0v) is 17.3. The van der Waals surface area contributed by atoms with Crippen molar-refractivity contribution in [1.29, 1.82) is 0 Å². The predicted octanol–water partition coefficient (Wildman–Crippen LogP) is 3.16. The summed E-state index contributed by atoms with van der Waals surface area (Å²) in [5.74, 6) is 2.26. The first-order valence-corrected chi connectivity index (χ1v) is 10.4. The van der Waals surface area contributed by atoms with Crippen LogP contribution in [0.3, 0.4) is 0 Å². The molecule has 0 aliphatic heterocycles. The van der Waals surface area contributed by atoms with Gasteiger partial charge in [0.1, 0.15) is 5.82 Å². The van der Waals surface area contributed by atoms with Crippen molar-refractivity contribution < 1.29 is 4.42 Å². The molecule has 150 valence electrons. The summed E-state index contributed by atoms with van der Waals surface area (Å²) in [6, 6.07) is 15.8. The fourth-order valence-electron chi connectivity index (χ4n) is 3.42. The Hall–Kier alpha value is -3.46. The Morgan fingerprint density at radius 3 is 2.70 bits per heavy atom. The van der Waals surface area contributed by atoms with E-state index in [1.54, 1.807) is 7.05 Å². The van der Waals surface area contributed by atoms with Gasteiger partial charge in [-0.2, -0.15) is 0 Å². The molecule has 0 radical (unpaired) electrons. The molecule has 0 aliphatic rings. The van der Waals surface area contributed by atoms with Crippen LogP contribution in [-0.2, 0) is 19.2 Å². The fourth-order valence-corrected chi connectivity index (χ4v) is 4.11. The lowest BCUT2D eigenvalue weighted by Crippen LogP contribution is -2.20. The minimum absolute atomic E-state index is 0.0877. The van der Waals surface area contributed by atoms with E-state index in [9.17, 15) is 4.79 Å². The van der Waals surface area contributed by atoms with Crippen LogP contribution in [0.5, 0.6) is 0 Å². The molecule has 0 atom stereocenters. The van der Waals surface area contributed by atoms with Crippen LogP contribution < -0.4 is 5.56 Å². The molecule has 0 spiro atoms. The van der Waals surface area contributed by atoms with Gasteiger partial charge in [-0.05, 0) is 24.6 Å². The maximum atomic E-state index is 12.7. The number of hydrogen-bond acceptors (Lipinski definition) is 7. The normalized spacial score (nSPS) is 11.5. The first-order valence-electron chi connectivity index (χ1n) is 9.42. The van der Waals surface area contributed by atoms with Crippen LogP contribution in [-0.4, -0.2) is 29.4 Å². The Morgan fingerprint density at radius 2 is 1.87 bits per heavy atom. The quantitative estimate of drug-likeness (QED) is 0.405. The Labute approximate surface area is 175 Å². The third-order valence-electron chi connectivity index (χ3n) is 4.91. The van der Waals surface area contributed by atoms with Crippen LogP contribution in [0.4, 0.5) is 0 Å². The molecule has 2 aromatic carbocycles. The number of rotatable bonds is 5. The summed E-state index contributed by atoms with van der Waals surface area (Å²) in [5, 5.41) is 17.9. The maximum absolute atomic E-state index is 12.7. The third-order valence-corrected chi connectivity index (χ3v) is 5.73. The highest BCUT2D eigenvalue weighted by molar-refractivity contribution is 7.98. The van der Waals surface area contributed by atoms with Gasteiger partial charge in [0.15, 0.2) is 0 Å². The van der Waals surface area contributed by atoms with Gasteiger partial charge in [-0.15, -0.1) is 20.4 Å². The lowest BCUT2D eigenvalue weighted by molar-refractivity contribution is 0.420. The number of fused-ring (bicyclic) bond motifs is 3. The molecular weight excluding hydrogens is 400 g/mol. The third kappa shape index (κ3) is 3.26. The number of hydrogen-bond donors (Lipinski definition) is 0. The number of aryl methyl sites for hydroxylation is 2. The number of nitrogens with zero attached hydrogens (tertiary/aromatic N) is 6. The maximum Gasteiger partial charge on any atom is 0.277 e. The molecule has 0 N–H and O–H groups in total. The zero-order chi connectivity index (χ0) is 20.7. The van der Waals surface area contributed by atoms with Crippen LogP contribution in [0.15, 0.2) is 63.0 Å². The van der Waals surface area contributed by atoms with E-state index in [1.165, 1.54) is 16.3 Å². The fraction of sp³-hybridized carbons (Fsp3) is 0.190. The molecule has 30 heavy (non-hydrogen) atoms. The van der Waals surface area contributed by atoms with Crippen molar-refractivity contribution in [3.05, 3.63) is 81.7 Å². The van der Waals surface area contributed by atoms with E-state index >= 15 is 0 Å². The highest BCUT2D eigenvalue weighted by atomic mass is 32.2. The number of aromatic nitrogens is 6. The summed E-state index contributed by atoms with van der Waals surface area (Å²) in [6.07, 6.45) is 0.592. The molecule has 0 bridgehead atoms. The molecule has 0 fully saturated rings. The minimum Gasteiger partial charge on any atom is -0.416 e. The monoisotopic (exact) mass is 418 g/mol. The summed E-state index contributed by atoms with van der Waals surface area (Å²) in [6.45, 7) is 1.97. The van der Waals surface area contributed by atoms with Crippen molar-refractivity contribution in [2.75, 3.05) is 0 Å². The van der Waals surface area contributed by atoms with Crippen molar-refractivity contribution in [1.82, 2.24) is 29.4 Å². The van der Waals surface area contributed by atoms with E-state index in [1.807, 2.05) is 59.9 Å². The van der Waals surface area contributed by atoms with Gasteiger partial charge in [0.2, 0.25) is 11.7 Å². The zero-order valence-electron chi connectivity index (χ0n) is 16.4. The molecule has 0 aliphatic carbocycles. The van der Waals surface area contributed by atoms with E-state index in [-0.39, 0.29) is 5.56 Å². The van der Waals surface area contributed by atoms with Gasteiger partial charge in [0.25, 0.3) is 10.8 Å². The van der Waals surface area contributed by atoms with Crippen LogP contribution in [0.1, 0.15) is 22.8 Å². The number of benzene rings is 2. The molecule has 8 nitrogen and oxygen atoms in total. The van der Waals surface area contributed by atoms with Gasteiger partial charge in [-0.1, -0.05) is 53.7 Å². The molecule has 5 aromatic rings. The van der Waals surface area contributed by atoms with E-state index in [2.05, 4.69) is 20.4 Å². The van der Waals surface area contributed by atoms with Gasteiger partial charge < -0.3 is 4.42 Å². The SMILES string of the molecule is Cc1ccc2c(c1)c(=O)n(C)c1nnc(CSc3nnc(Cc4ccccc4)o3)n21. The highest BCUT2D eigenvalue weighted by Crippen LogP contribution is 2.23. The van der Waals surface area contributed by atoms with Crippen molar-refractivity contribution in [3.8, 4) is 0 Å². The average molecular weight is 418 g/mol. The van der Waals surface area contributed by atoms with Crippen LogP contribution in [0.2, 0.25) is 0 Å². The van der Waals surface area contributed by atoms with Crippen molar-refractivity contribution in [3.63, 3.8) is 0 Å². The topological polar surface area (TPSA) is 91.1 Å². The van der Waals surface area contributed by atoms with Crippen molar-refractivity contribution >= 4 is 28.4 Å². The van der Waals surface area contributed by atoms with E-state index in [0.717, 1.165) is 16.6 Å². The number of thioether (sulfide) groups is 1. The first kappa shape index (κ1) is 18.6. The minimum atomic E-state index is -0.0877. The lowest BCUT2D eigenvalue weighted by Gasteiger charge is -2.08. The second-order valence-corrected chi connectivity index (χ2v) is 7.98. The molecule has 0 saturated heterocycles. The molecular formula is C21H18N6O2S. The smallest absolute Gasteiger partial charge is 0.277 e. The Morgan fingerprint density at radius 1 is 1.03 bits per heavy atom. The first-order chi connectivity index (χ1) is 14.6. The van der Waals surface area contributed by atoms with Crippen LogP contribution >= 0.6 is 11.8 Å². The van der Waals surface area contributed by atoms with Crippen LogP contribution in [0, 0.1) is 6.92 Å². The van der Waals surface area contributed by atoms with Crippen molar-refractivity contribution in [2.45, 2.75) is 24.3 Å². The second kappa shape index (κ2) is 7.42. The summed E-state index contributed by atoms with van der Waals surface area (Å²) in [7, 11) is 1.71. The van der Waals surface area contributed by atoms with Gasteiger partial charge in [-0.25, -0.2) is 0 Å². The molecule has 3 aromatic heterocycles. The van der Waals surface area contributed by atoms with Gasteiger partial charge >= 0.3 is 0 Å². The predicted molar refractivity (Wildman–Crippen MR) is 114 cm³/mol. The standard InChI is InChI=1S/C21H18N6O2S/c1-13-8-9-16-15(10-13)19(28)26(2)20-24-22-17(27(16)20)12-30-21-25-23-18(29-21)11-14-6-4-3-5-7-14/h3-10H,11-12H2,1-2H3. The van der Waals surface area contributed by atoms with Gasteiger partial charge in [0.05, 0.1) is 23.1 Å². The summed E-state index contributed by atoms with van der Waals surface area (Å²) in [4.78, 5) is 12.7. The Bertz CT molecular complexity index is 1420. The summed E-state index contributed by atoms with van der Waals surface area (Å²) >= 11 is 1.40. The lowest BCUT2D eigenvalue weighted by atomic mass is 10.1. The summed E-state index contributed by atoms with van der Waals surface area (Å²) in [5.41, 5.74) is 2.84. The van der Waals surface area contributed by atoms with E-state index in [4.69, 9.17) is 4.42 Å². The largest absolute Gasteiger partial charge is 0.416 e. The molecule has 5 rings (SSSR count). The van der Waals surface area contributed by atoms with E-state index < -0.39 is 0 Å². The summed E-state index contributed by atoms with van der Waals surface area (Å²) < 4.78 is 9.20. The van der Waals surface area contributed by atoms with E-state index in [0.29, 0.717) is 40.3 Å². The molecule has 0 saturated carbocycles. The molecule has 0 amide bonds. The highest BCUT2D eigenvalue weighted by Gasteiger charge is 2.16.